The molecule has 0 saturated heterocycles. The summed E-state index contributed by atoms with van der Waals surface area (Å²) in [7, 11) is 1.36. The third-order valence-electron chi connectivity index (χ3n) is 1.89. The molecule has 0 aromatic heterocycles. The van der Waals surface area contributed by atoms with Gasteiger partial charge in [-0.25, -0.2) is 4.79 Å². The van der Waals surface area contributed by atoms with E-state index >= 15 is 0 Å². The first kappa shape index (κ1) is 12.7. The predicted molar refractivity (Wildman–Crippen MR) is 56.7 cm³/mol. The summed E-state index contributed by atoms with van der Waals surface area (Å²) in [4.78, 5) is 11.0. The van der Waals surface area contributed by atoms with Gasteiger partial charge in [0.25, 0.3) is 0 Å². The number of terminal acetylenes is 1. The van der Waals surface area contributed by atoms with Gasteiger partial charge in [-0.3, -0.25) is 0 Å². The van der Waals surface area contributed by atoms with Crippen molar-refractivity contribution in [3.8, 4) is 12.3 Å². The van der Waals surface area contributed by atoms with Crippen LogP contribution in [0.2, 0.25) is 0 Å². The van der Waals surface area contributed by atoms with Crippen LogP contribution < -0.4 is 5.32 Å². The molecule has 1 unspecified atom stereocenters. The SMILES string of the molecule is C#CC(CC)NC/C=C(/C)C(=O)OC. The Morgan fingerprint density at radius 1 is 1.71 bits per heavy atom. The van der Waals surface area contributed by atoms with Gasteiger partial charge in [0.2, 0.25) is 0 Å². The molecule has 1 N–H and O–H groups in total. The van der Waals surface area contributed by atoms with Crippen LogP contribution in [0.4, 0.5) is 0 Å². The molecule has 1 atom stereocenters. The fraction of sp³-hybridized carbons (Fsp3) is 0.545. The molecule has 0 aromatic carbocycles. The van der Waals surface area contributed by atoms with E-state index in [2.05, 4.69) is 16.0 Å². The molecule has 0 spiro atoms. The number of ether oxygens (including phenoxy) is 1. The van der Waals surface area contributed by atoms with Gasteiger partial charge in [-0.05, 0) is 13.3 Å². The summed E-state index contributed by atoms with van der Waals surface area (Å²) in [5.41, 5.74) is 0.590. The third kappa shape index (κ3) is 4.68. The molecule has 0 bridgehead atoms. The van der Waals surface area contributed by atoms with E-state index in [-0.39, 0.29) is 12.0 Å². The minimum atomic E-state index is -0.305. The summed E-state index contributed by atoms with van der Waals surface area (Å²) >= 11 is 0. The molecule has 0 fully saturated rings. The Bertz CT molecular complexity index is 251. The minimum absolute atomic E-state index is 0.0664. The van der Waals surface area contributed by atoms with E-state index in [0.717, 1.165) is 6.42 Å². The van der Waals surface area contributed by atoms with Gasteiger partial charge < -0.3 is 10.1 Å². The Morgan fingerprint density at radius 2 is 2.36 bits per heavy atom. The van der Waals surface area contributed by atoms with Gasteiger partial charge >= 0.3 is 5.97 Å². The highest BCUT2D eigenvalue weighted by atomic mass is 16.5. The van der Waals surface area contributed by atoms with Crippen molar-refractivity contribution in [2.45, 2.75) is 26.3 Å². The maximum atomic E-state index is 11.0. The van der Waals surface area contributed by atoms with Gasteiger partial charge in [0, 0.05) is 12.1 Å². The maximum Gasteiger partial charge on any atom is 0.333 e. The van der Waals surface area contributed by atoms with E-state index in [1.54, 1.807) is 13.0 Å². The smallest absolute Gasteiger partial charge is 0.333 e. The van der Waals surface area contributed by atoms with Crippen molar-refractivity contribution in [2.24, 2.45) is 0 Å². The molecule has 0 aromatic rings. The standard InChI is InChI=1S/C11H17NO2/c1-5-10(6-2)12-8-7-9(3)11(13)14-4/h1,7,10,12H,6,8H2,2-4H3/b9-7-. The van der Waals surface area contributed by atoms with Gasteiger partial charge in [0.1, 0.15) is 0 Å². The monoisotopic (exact) mass is 195 g/mol. The summed E-state index contributed by atoms with van der Waals surface area (Å²) in [6, 6.07) is 0.0664. The maximum absolute atomic E-state index is 11.0. The normalized spacial score (nSPS) is 13.1. The number of esters is 1. The molecule has 0 aliphatic heterocycles. The molecule has 0 heterocycles. The van der Waals surface area contributed by atoms with Crippen molar-refractivity contribution in [1.29, 1.82) is 0 Å². The van der Waals surface area contributed by atoms with Crippen LogP contribution in [0.5, 0.6) is 0 Å². The first-order valence-corrected chi connectivity index (χ1v) is 4.60. The number of carbonyl (C=O) groups is 1. The van der Waals surface area contributed by atoms with Crippen LogP contribution in [-0.2, 0) is 9.53 Å². The number of hydrogen-bond acceptors (Lipinski definition) is 3. The zero-order valence-corrected chi connectivity index (χ0v) is 8.96. The lowest BCUT2D eigenvalue weighted by Gasteiger charge is -2.08. The number of rotatable bonds is 5. The first-order chi connectivity index (χ1) is 6.65. The lowest BCUT2D eigenvalue weighted by Crippen LogP contribution is -2.27. The largest absolute Gasteiger partial charge is 0.466 e. The van der Waals surface area contributed by atoms with E-state index in [4.69, 9.17) is 6.42 Å². The van der Waals surface area contributed by atoms with Crippen LogP contribution >= 0.6 is 0 Å². The van der Waals surface area contributed by atoms with E-state index < -0.39 is 0 Å². The van der Waals surface area contributed by atoms with Crippen LogP contribution in [0.25, 0.3) is 0 Å². The third-order valence-corrected chi connectivity index (χ3v) is 1.89. The van der Waals surface area contributed by atoms with Gasteiger partial charge in [0.15, 0.2) is 0 Å². The molecule has 0 amide bonds. The second kappa shape index (κ2) is 7.16. The number of nitrogens with one attached hydrogen (secondary N) is 1. The summed E-state index contributed by atoms with van der Waals surface area (Å²) < 4.78 is 4.55. The van der Waals surface area contributed by atoms with Crippen molar-refractivity contribution in [3.63, 3.8) is 0 Å². The molecule has 78 valence electrons. The fourth-order valence-corrected chi connectivity index (χ4v) is 0.920. The van der Waals surface area contributed by atoms with Gasteiger partial charge in [0.05, 0.1) is 13.2 Å². The molecule has 3 heteroatoms. The zero-order valence-electron chi connectivity index (χ0n) is 8.96. The Labute approximate surface area is 85.5 Å². The van der Waals surface area contributed by atoms with Crippen molar-refractivity contribution >= 4 is 5.97 Å². The van der Waals surface area contributed by atoms with E-state index in [1.165, 1.54) is 7.11 Å². The van der Waals surface area contributed by atoms with Crippen LogP contribution in [0.3, 0.4) is 0 Å². The van der Waals surface area contributed by atoms with Crippen LogP contribution in [-0.4, -0.2) is 25.7 Å². The predicted octanol–water partition coefficient (Wildman–Crippen LogP) is 1.11. The van der Waals surface area contributed by atoms with E-state index in [9.17, 15) is 4.79 Å². The van der Waals surface area contributed by atoms with Crippen molar-refractivity contribution in [2.75, 3.05) is 13.7 Å². The Balaban J connectivity index is 3.93. The van der Waals surface area contributed by atoms with Gasteiger partial charge in [-0.15, -0.1) is 6.42 Å². The van der Waals surface area contributed by atoms with Crippen molar-refractivity contribution in [3.05, 3.63) is 11.6 Å². The Morgan fingerprint density at radius 3 is 2.79 bits per heavy atom. The van der Waals surface area contributed by atoms with Gasteiger partial charge in [-0.2, -0.15) is 0 Å². The van der Waals surface area contributed by atoms with Crippen molar-refractivity contribution in [1.82, 2.24) is 5.32 Å². The average Bonchev–Trinajstić information content (AvgIpc) is 2.22. The molecule has 0 saturated carbocycles. The Hall–Kier alpha value is -1.27. The molecule has 14 heavy (non-hydrogen) atoms. The van der Waals surface area contributed by atoms with E-state index in [1.807, 2.05) is 6.92 Å². The molecule has 3 nitrogen and oxygen atoms in total. The minimum Gasteiger partial charge on any atom is -0.466 e. The molecule has 0 aliphatic rings. The highest BCUT2D eigenvalue weighted by Crippen LogP contribution is 1.94. The second-order valence-electron chi connectivity index (χ2n) is 2.91. The molecule has 0 aliphatic carbocycles. The number of carbonyl (C=O) groups excluding carboxylic acids is 1. The number of methoxy groups -OCH3 is 1. The summed E-state index contributed by atoms with van der Waals surface area (Å²) in [5, 5.41) is 3.11. The summed E-state index contributed by atoms with van der Waals surface area (Å²) in [5.74, 6) is 2.31. The molecule has 0 rings (SSSR count). The first-order valence-electron chi connectivity index (χ1n) is 4.60. The van der Waals surface area contributed by atoms with E-state index in [0.29, 0.717) is 12.1 Å². The lowest BCUT2D eigenvalue weighted by molar-refractivity contribution is -0.136. The van der Waals surface area contributed by atoms with Crippen LogP contribution in [0, 0.1) is 12.3 Å². The second-order valence-corrected chi connectivity index (χ2v) is 2.91. The summed E-state index contributed by atoms with van der Waals surface area (Å²) in [6.07, 6.45) is 7.91. The molecular weight excluding hydrogens is 178 g/mol. The molecule has 0 radical (unpaired) electrons. The zero-order chi connectivity index (χ0) is 11.0. The lowest BCUT2D eigenvalue weighted by atomic mass is 10.2. The van der Waals surface area contributed by atoms with Crippen molar-refractivity contribution < 1.29 is 9.53 Å². The highest BCUT2D eigenvalue weighted by Gasteiger charge is 2.02. The van der Waals surface area contributed by atoms with Crippen LogP contribution in [0.15, 0.2) is 11.6 Å². The fourth-order valence-electron chi connectivity index (χ4n) is 0.920. The number of hydrogen-bond donors (Lipinski definition) is 1. The Kier molecular flexibility index (Phi) is 6.51. The van der Waals surface area contributed by atoms with Crippen LogP contribution in [0.1, 0.15) is 20.3 Å². The molecular formula is C11H17NO2. The van der Waals surface area contributed by atoms with Gasteiger partial charge in [-0.1, -0.05) is 18.9 Å². The highest BCUT2D eigenvalue weighted by molar-refractivity contribution is 5.87. The average molecular weight is 195 g/mol. The topological polar surface area (TPSA) is 38.3 Å². The quantitative estimate of drug-likeness (QED) is 0.405. The summed E-state index contributed by atoms with van der Waals surface area (Å²) in [6.45, 7) is 4.31.